The van der Waals surface area contributed by atoms with E-state index in [1.54, 1.807) is 0 Å². The maximum Gasteiger partial charge on any atom is 0.258 e. The number of aliphatic hydroxyl groups is 1. The van der Waals surface area contributed by atoms with Crippen molar-refractivity contribution < 1.29 is 19.0 Å². The molecule has 0 aliphatic rings. The van der Waals surface area contributed by atoms with Crippen molar-refractivity contribution in [1.29, 1.82) is 0 Å². The van der Waals surface area contributed by atoms with E-state index in [0.717, 1.165) is 0 Å². The maximum atomic E-state index is 13.2. The predicted molar refractivity (Wildman–Crippen MR) is 59.7 cm³/mol. The second-order valence-electron chi connectivity index (χ2n) is 2.94. The van der Waals surface area contributed by atoms with Gasteiger partial charge in [-0.25, -0.2) is 4.39 Å². The van der Waals surface area contributed by atoms with E-state index in [4.69, 9.17) is 9.84 Å². The van der Waals surface area contributed by atoms with Gasteiger partial charge in [0.2, 0.25) is 0 Å². The number of carbonyl (C=O) groups excluding carboxylic acids is 1. The zero-order valence-electron chi connectivity index (χ0n) is 8.37. The van der Waals surface area contributed by atoms with E-state index in [1.165, 1.54) is 18.2 Å². The minimum absolute atomic E-state index is 0.00789. The van der Waals surface area contributed by atoms with Crippen LogP contribution in [0.3, 0.4) is 0 Å². The van der Waals surface area contributed by atoms with Crippen LogP contribution in [0.4, 0.5) is 4.39 Å². The van der Waals surface area contributed by atoms with E-state index in [2.05, 4.69) is 21.2 Å². The topological polar surface area (TPSA) is 58.6 Å². The van der Waals surface area contributed by atoms with Gasteiger partial charge in [0.25, 0.3) is 5.91 Å². The van der Waals surface area contributed by atoms with E-state index < -0.39 is 11.7 Å². The van der Waals surface area contributed by atoms with Crippen LogP contribution in [0, 0.1) is 5.82 Å². The minimum atomic E-state index is -0.529. The van der Waals surface area contributed by atoms with Crippen LogP contribution in [0.2, 0.25) is 0 Å². The average molecular weight is 292 g/mol. The second-order valence-corrected chi connectivity index (χ2v) is 3.85. The zero-order valence-corrected chi connectivity index (χ0v) is 9.96. The smallest absolute Gasteiger partial charge is 0.258 e. The third-order valence-corrected chi connectivity index (χ3v) is 2.18. The summed E-state index contributed by atoms with van der Waals surface area (Å²) in [4.78, 5) is 11.1. The molecule has 1 rings (SSSR count). The van der Waals surface area contributed by atoms with Gasteiger partial charge >= 0.3 is 0 Å². The average Bonchev–Trinajstić information content (AvgIpc) is 2.27. The molecule has 0 unspecified atom stereocenters. The number of carbonyl (C=O) groups is 1. The summed E-state index contributed by atoms with van der Waals surface area (Å²) in [6.07, 6.45) is 0. The van der Waals surface area contributed by atoms with Crippen molar-refractivity contribution in [3.05, 3.63) is 28.5 Å². The van der Waals surface area contributed by atoms with Crippen molar-refractivity contribution in [2.45, 2.75) is 0 Å². The van der Waals surface area contributed by atoms with Crippen LogP contribution in [0.1, 0.15) is 0 Å². The summed E-state index contributed by atoms with van der Waals surface area (Å²) in [6.45, 7) is -0.270. The zero-order chi connectivity index (χ0) is 12.0. The van der Waals surface area contributed by atoms with Crippen molar-refractivity contribution >= 4 is 21.8 Å². The van der Waals surface area contributed by atoms with E-state index in [-0.39, 0.29) is 25.5 Å². The summed E-state index contributed by atoms with van der Waals surface area (Å²) >= 11 is 3.16. The highest BCUT2D eigenvalue weighted by Crippen LogP contribution is 2.21. The fourth-order valence-corrected chi connectivity index (χ4v) is 1.32. The molecule has 0 atom stereocenters. The fraction of sp³-hybridized carbons (Fsp3) is 0.300. The van der Waals surface area contributed by atoms with Crippen molar-refractivity contribution in [2.75, 3.05) is 19.8 Å². The summed E-state index contributed by atoms with van der Waals surface area (Å²) < 4.78 is 18.8. The van der Waals surface area contributed by atoms with Crippen molar-refractivity contribution in [1.82, 2.24) is 5.32 Å². The number of aliphatic hydroxyl groups excluding tert-OH is 1. The molecule has 0 heterocycles. The number of nitrogens with one attached hydrogen (secondary N) is 1. The molecule has 0 spiro atoms. The molecule has 2 N–H and O–H groups in total. The molecule has 1 amide bonds. The van der Waals surface area contributed by atoms with E-state index in [0.29, 0.717) is 4.47 Å². The van der Waals surface area contributed by atoms with Gasteiger partial charge in [0.05, 0.1) is 6.61 Å². The summed E-state index contributed by atoms with van der Waals surface area (Å²) in [5.74, 6) is -0.930. The van der Waals surface area contributed by atoms with Gasteiger partial charge in [0, 0.05) is 11.0 Å². The molecule has 0 aromatic heterocycles. The maximum absolute atomic E-state index is 13.2. The first-order valence-corrected chi connectivity index (χ1v) is 5.38. The lowest BCUT2D eigenvalue weighted by molar-refractivity contribution is -0.123. The molecule has 0 saturated carbocycles. The molecule has 0 bridgehead atoms. The van der Waals surface area contributed by atoms with E-state index in [1.807, 2.05) is 0 Å². The van der Waals surface area contributed by atoms with Gasteiger partial charge in [-0.2, -0.15) is 0 Å². The number of amides is 1. The first-order chi connectivity index (χ1) is 7.63. The lowest BCUT2D eigenvalue weighted by Gasteiger charge is -2.07. The Balaban J connectivity index is 2.47. The Morgan fingerprint density at radius 1 is 1.56 bits per heavy atom. The molecule has 0 radical (unpaired) electrons. The van der Waals surface area contributed by atoms with Crippen LogP contribution in [0.15, 0.2) is 22.7 Å². The SMILES string of the molecule is O=C(COc1cc(Br)ccc1F)NCCO. The third-order valence-electron chi connectivity index (χ3n) is 1.69. The van der Waals surface area contributed by atoms with Gasteiger partial charge in [-0.3, -0.25) is 4.79 Å². The Kier molecular flexibility index (Phi) is 5.21. The van der Waals surface area contributed by atoms with Gasteiger partial charge in [0.15, 0.2) is 18.2 Å². The van der Waals surface area contributed by atoms with Gasteiger partial charge < -0.3 is 15.2 Å². The number of halogens is 2. The molecule has 0 aliphatic carbocycles. The van der Waals surface area contributed by atoms with Crippen molar-refractivity contribution in [3.63, 3.8) is 0 Å². The normalized spacial score (nSPS) is 9.94. The van der Waals surface area contributed by atoms with Crippen molar-refractivity contribution in [3.8, 4) is 5.75 Å². The number of rotatable bonds is 5. The summed E-state index contributed by atoms with van der Waals surface area (Å²) in [7, 11) is 0. The minimum Gasteiger partial charge on any atom is -0.481 e. The Bertz CT molecular complexity index is 373. The van der Waals surface area contributed by atoms with Crippen LogP contribution >= 0.6 is 15.9 Å². The summed E-state index contributed by atoms with van der Waals surface area (Å²) in [6, 6.07) is 4.22. The van der Waals surface area contributed by atoms with Crippen LogP contribution in [-0.2, 0) is 4.79 Å². The lowest BCUT2D eigenvalue weighted by atomic mass is 10.3. The molecule has 88 valence electrons. The highest BCUT2D eigenvalue weighted by Gasteiger charge is 2.06. The Labute approximate surface area is 101 Å². The first kappa shape index (κ1) is 12.9. The van der Waals surface area contributed by atoms with Crippen LogP contribution in [-0.4, -0.2) is 30.8 Å². The summed E-state index contributed by atoms with van der Waals surface area (Å²) in [5, 5.41) is 10.8. The molecule has 0 saturated heterocycles. The first-order valence-electron chi connectivity index (χ1n) is 4.59. The predicted octanol–water partition coefficient (Wildman–Crippen LogP) is 1.08. The highest BCUT2D eigenvalue weighted by atomic mass is 79.9. The highest BCUT2D eigenvalue weighted by molar-refractivity contribution is 9.10. The van der Waals surface area contributed by atoms with Crippen molar-refractivity contribution in [2.24, 2.45) is 0 Å². The number of ether oxygens (including phenoxy) is 1. The number of hydrogen-bond acceptors (Lipinski definition) is 3. The third kappa shape index (κ3) is 4.16. The van der Waals surface area contributed by atoms with Crippen LogP contribution in [0.5, 0.6) is 5.75 Å². The number of hydrogen-bond donors (Lipinski definition) is 2. The van der Waals surface area contributed by atoms with Gasteiger partial charge in [-0.05, 0) is 18.2 Å². The standard InChI is InChI=1S/C10H11BrFNO3/c11-7-1-2-8(12)9(5-7)16-6-10(15)13-3-4-14/h1-2,5,14H,3-4,6H2,(H,13,15). The Morgan fingerprint density at radius 3 is 3.00 bits per heavy atom. The van der Waals surface area contributed by atoms with Gasteiger partial charge in [-0.15, -0.1) is 0 Å². The van der Waals surface area contributed by atoms with Gasteiger partial charge in [-0.1, -0.05) is 15.9 Å². The van der Waals surface area contributed by atoms with Gasteiger partial charge in [0.1, 0.15) is 0 Å². The summed E-state index contributed by atoms with van der Waals surface area (Å²) in [5.41, 5.74) is 0. The molecule has 4 nitrogen and oxygen atoms in total. The Hall–Kier alpha value is -1.14. The Morgan fingerprint density at radius 2 is 2.31 bits per heavy atom. The molecule has 6 heteroatoms. The van der Waals surface area contributed by atoms with Crippen LogP contribution < -0.4 is 10.1 Å². The van der Waals surface area contributed by atoms with E-state index in [9.17, 15) is 9.18 Å². The molecule has 1 aromatic carbocycles. The monoisotopic (exact) mass is 291 g/mol. The lowest BCUT2D eigenvalue weighted by Crippen LogP contribution is -2.31. The van der Waals surface area contributed by atoms with E-state index >= 15 is 0 Å². The molecular formula is C10H11BrFNO3. The second kappa shape index (κ2) is 6.44. The largest absolute Gasteiger partial charge is 0.481 e. The quantitative estimate of drug-likeness (QED) is 0.853. The van der Waals surface area contributed by atoms with Crippen LogP contribution in [0.25, 0.3) is 0 Å². The molecular weight excluding hydrogens is 281 g/mol. The number of benzene rings is 1. The molecule has 1 aromatic rings. The molecule has 0 fully saturated rings. The molecule has 16 heavy (non-hydrogen) atoms. The fourth-order valence-electron chi connectivity index (χ4n) is 0.977. The molecule has 0 aliphatic heterocycles.